The van der Waals surface area contributed by atoms with Gasteiger partial charge in [-0.15, -0.1) is 0 Å². The van der Waals surface area contributed by atoms with E-state index >= 15 is 0 Å². The largest absolute Gasteiger partial charge is 0.373 e. The Labute approximate surface area is 148 Å². The zero-order valence-electron chi connectivity index (χ0n) is 14.3. The fraction of sp³-hybridized carbons (Fsp3) is 0.400. The summed E-state index contributed by atoms with van der Waals surface area (Å²) in [6, 6.07) is 13.8. The van der Waals surface area contributed by atoms with Crippen LogP contribution in [-0.2, 0) is 27.5 Å². The van der Waals surface area contributed by atoms with E-state index in [0.29, 0.717) is 13.2 Å². The highest BCUT2D eigenvalue weighted by atomic mass is 16.5. The van der Waals surface area contributed by atoms with Crippen LogP contribution in [-0.4, -0.2) is 41.6 Å². The topological polar surface area (TPSA) is 51.7 Å². The highest BCUT2D eigenvalue weighted by Gasteiger charge is 2.23. The molecule has 0 saturated carbocycles. The van der Waals surface area contributed by atoms with Crippen molar-refractivity contribution in [3.63, 3.8) is 0 Å². The molecule has 5 nitrogen and oxygen atoms in total. The normalized spacial score (nSPS) is 15.3. The van der Waals surface area contributed by atoms with Gasteiger partial charge in [-0.2, -0.15) is 0 Å². The van der Waals surface area contributed by atoms with Gasteiger partial charge in [0, 0.05) is 25.5 Å². The van der Waals surface area contributed by atoms with E-state index in [1.807, 2.05) is 53.6 Å². The lowest BCUT2D eigenvalue weighted by Crippen LogP contribution is -2.42. The summed E-state index contributed by atoms with van der Waals surface area (Å²) in [7, 11) is 0. The Morgan fingerprint density at radius 2 is 1.80 bits per heavy atom. The molecule has 0 atom stereocenters. The van der Waals surface area contributed by atoms with Crippen LogP contribution in [0.25, 0.3) is 0 Å². The van der Waals surface area contributed by atoms with Crippen molar-refractivity contribution in [1.29, 1.82) is 0 Å². The number of hydrogen-bond acceptors (Lipinski definition) is 4. The van der Waals surface area contributed by atoms with Crippen LogP contribution in [0.4, 0.5) is 0 Å². The molecule has 132 valence electrons. The number of ether oxygens (including phenoxy) is 2. The van der Waals surface area contributed by atoms with Crippen LogP contribution in [0.5, 0.6) is 0 Å². The third-order valence-corrected chi connectivity index (χ3v) is 4.34. The molecule has 1 aromatic carbocycles. The first-order valence-electron chi connectivity index (χ1n) is 8.71. The lowest BCUT2D eigenvalue weighted by atomic mass is 10.1. The highest BCUT2D eigenvalue weighted by Crippen LogP contribution is 2.16. The van der Waals surface area contributed by atoms with Crippen LogP contribution in [0, 0.1) is 0 Å². The number of hydrogen-bond donors (Lipinski definition) is 0. The monoisotopic (exact) mass is 340 g/mol. The number of benzene rings is 1. The Kier molecular flexibility index (Phi) is 6.54. The van der Waals surface area contributed by atoms with Crippen molar-refractivity contribution in [2.45, 2.75) is 32.2 Å². The van der Waals surface area contributed by atoms with Crippen molar-refractivity contribution < 1.29 is 14.3 Å². The molecule has 1 aliphatic rings. The number of nitrogens with zero attached hydrogens (tertiary/aromatic N) is 2. The number of rotatable bonds is 7. The van der Waals surface area contributed by atoms with Gasteiger partial charge >= 0.3 is 0 Å². The zero-order valence-corrected chi connectivity index (χ0v) is 14.3. The smallest absolute Gasteiger partial charge is 0.248 e. The molecule has 0 radical (unpaired) electrons. The van der Waals surface area contributed by atoms with Gasteiger partial charge in [0.2, 0.25) is 5.91 Å². The van der Waals surface area contributed by atoms with Crippen LogP contribution in [0.3, 0.4) is 0 Å². The Hall–Kier alpha value is -2.24. The minimum Gasteiger partial charge on any atom is -0.373 e. The van der Waals surface area contributed by atoms with Crippen molar-refractivity contribution in [3.05, 3.63) is 66.0 Å². The zero-order chi connectivity index (χ0) is 17.3. The van der Waals surface area contributed by atoms with E-state index in [-0.39, 0.29) is 18.6 Å². The molecule has 0 spiro atoms. The van der Waals surface area contributed by atoms with Crippen molar-refractivity contribution in [2.24, 2.45) is 0 Å². The van der Waals surface area contributed by atoms with E-state index in [1.165, 1.54) is 0 Å². The third kappa shape index (κ3) is 5.66. The summed E-state index contributed by atoms with van der Waals surface area (Å²) in [6.45, 7) is 2.64. The number of carbonyl (C=O) groups is 1. The Balaban J connectivity index is 1.33. The maximum absolute atomic E-state index is 12.2. The van der Waals surface area contributed by atoms with E-state index in [2.05, 4.69) is 4.98 Å². The number of piperidine rings is 1. The Morgan fingerprint density at radius 3 is 2.52 bits per heavy atom. The van der Waals surface area contributed by atoms with E-state index < -0.39 is 0 Å². The SMILES string of the molecule is O=C(COCc1ccccc1)N1CCC(OCc2cccnc2)CC1. The molecule has 2 aromatic rings. The Morgan fingerprint density at radius 1 is 1.04 bits per heavy atom. The fourth-order valence-electron chi connectivity index (χ4n) is 2.89. The van der Waals surface area contributed by atoms with E-state index in [9.17, 15) is 4.79 Å². The minimum atomic E-state index is 0.0571. The standard InChI is InChI=1S/C20H24N2O3/c23-20(16-24-14-17-5-2-1-3-6-17)22-11-8-19(9-12-22)25-15-18-7-4-10-21-13-18/h1-7,10,13,19H,8-9,11-12,14-16H2. The van der Waals surface area contributed by atoms with Gasteiger partial charge in [-0.1, -0.05) is 36.4 Å². The second-order valence-corrected chi connectivity index (χ2v) is 6.23. The van der Waals surface area contributed by atoms with Crippen molar-refractivity contribution in [2.75, 3.05) is 19.7 Å². The molecule has 5 heteroatoms. The molecule has 25 heavy (non-hydrogen) atoms. The van der Waals surface area contributed by atoms with Gasteiger partial charge in [0.25, 0.3) is 0 Å². The minimum absolute atomic E-state index is 0.0571. The summed E-state index contributed by atoms with van der Waals surface area (Å²) in [6.07, 6.45) is 5.51. The van der Waals surface area contributed by atoms with Gasteiger partial charge in [0.15, 0.2) is 0 Å². The molecule has 0 bridgehead atoms. The first kappa shape index (κ1) is 17.6. The van der Waals surface area contributed by atoms with Crippen LogP contribution in [0.2, 0.25) is 0 Å². The van der Waals surface area contributed by atoms with Crippen LogP contribution in [0.15, 0.2) is 54.9 Å². The summed E-state index contributed by atoms with van der Waals surface area (Å²) in [5.41, 5.74) is 2.16. The van der Waals surface area contributed by atoms with Gasteiger partial charge in [0.1, 0.15) is 6.61 Å². The molecule has 0 N–H and O–H groups in total. The second kappa shape index (κ2) is 9.30. The second-order valence-electron chi connectivity index (χ2n) is 6.23. The predicted octanol–water partition coefficient (Wildman–Crippen LogP) is 2.81. The third-order valence-electron chi connectivity index (χ3n) is 4.34. The van der Waals surface area contributed by atoms with Crippen molar-refractivity contribution >= 4 is 5.91 Å². The summed E-state index contributed by atoms with van der Waals surface area (Å²) < 4.78 is 11.5. The molecular weight excluding hydrogens is 316 g/mol. The number of likely N-dealkylation sites (tertiary alicyclic amines) is 1. The quantitative estimate of drug-likeness (QED) is 0.778. The lowest BCUT2D eigenvalue weighted by molar-refractivity contribution is -0.139. The fourth-order valence-corrected chi connectivity index (χ4v) is 2.89. The molecular formula is C20H24N2O3. The van der Waals surface area contributed by atoms with Crippen LogP contribution < -0.4 is 0 Å². The number of aromatic nitrogens is 1. The molecule has 1 amide bonds. The molecule has 1 saturated heterocycles. The first-order chi connectivity index (χ1) is 12.3. The van der Waals surface area contributed by atoms with Gasteiger partial charge < -0.3 is 14.4 Å². The first-order valence-corrected chi connectivity index (χ1v) is 8.71. The predicted molar refractivity (Wildman–Crippen MR) is 94.7 cm³/mol. The summed E-state index contributed by atoms with van der Waals surface area (Å²) >= 11 is 0. The average Bonchev–Trinajstić information content (AvgIpc) is 2.68. The van der Waals surface area contributed by atoms with Gasteiger partial charge in [-0.3, -0.25) is 9.78 Å². The molecule has 1 aromatic heterocycles. The molecule has 0 unspecified atom stereocenters. The summed E-state index contributed by atoms with van der Waals surface area (Å²) in [5, 5.41) is 0. The molecule has 2 heterocycles. The summed E-state index contributed by atoms with van der Waals surface area (Å²) in [5.74, 6) is 0.0571. The van der Waals surface area contributed by atoms with Gasteiger partial charge in [-0.05, 0) is 30.0 Å². The number of pyridine rings is 1. The van der Waals surface area contributed by atoms with Crippen molar-refractivity contribution in [1.82, 2.24) is 9.88 Å². The summed E-state index contributed by atoms with van der Waals surface area (Å²) in [4.78, 5) is 18.2. The maximum Gasteiger partial charge on any atom is 0.248 e. The maximum atomic E-state index is 12.2. The number of amides is 1. The lowest BCUT2D eigenvalue weighted by Gasteiger charge is -2.32. The highest BCUT2D eigenvalue weighted by molar-refractivity contribution is 5.77. The van der Waals surface area contributed by atoms with Crippen LogP contribution in [0.1, 0.15) is 24.0 Å². The molecule has 0 aliphatic carbocycles. The van der Waals surface area contributed by atoms with E-state index in [4.69, 9.17) is 9.47 Å². The Bertz CT molecular complexity index is 641. The van der Waals surface area contributed by atoms with Gasteiger partial charge in [-0.25, -0.2) is 0 Å². The average molecular weight is 340 g/mol. The van der Waals surface area contributed by atoms with Crippen LogP contribution >= 0.6 is 0 Å². The molecule has 1 aliphatic heterocycles. The van der Waals surface area contributed by atoms with E-state index in [0.717, 1.165) is 37.1 Å². The van der Waals surface area contributed by atoms with Gasteiger partial charge in [0.05, 0.1) is 19.3 Å². The van der Waals surface area contributed by atoms with E-state index in [1.54, 1.807) is 6.20 Å². The van der Waals surface area contributed by atoms with Crippen molar-refractivity contribution in [3.8, 4) is 0 Å². The number of carbonyl (C=O) groups excluding carboxylic acids is 1. The molecule has 1 fully saturated rings. The molecule has 3 rings (SSSR count).